The number of anilines is 2. The summed E-state index contributed by atoms with van der Waals surface area (Å²) in [7, 11) is 2.98. The maximum absolute atomic E-state index is 13.5. The summed E-state index contributed by atoms with van der Waals surface area (Å²) in [5.41, 5.74) is 0.529. The molecule has 0 aliphatic carbocycles. The number of benzene rings is 2. The second kappa shape index (κ2) is 8.53. The molecule has 0 radical (unpaired) electrons. The lowest BCUT2D eigenvalue weighted by Gasteiger charge is -2.14. The Bertz CT molecular complexity index is 772. The summed E-state index contributed by atoms with van der Waals surface area (Å²) in [6, 6.07) is 6.19. The summed E-state index contributed by atoms with van der Waals surface area (Å²) in [6.45, 7) is 0.260. The fraction of sp³-hybridized carbons (Fsp3) is 0.235. The zero-order valence-corrected chi connectivity index (χ0v) is 14.4. The normalized spacial score (nSPS) is 10.3. The van der Waals surface area contributed by atoms with Crippen LogP contribution in [0.25, 0.3) is 0 Å². The van der Waals surface area contributed by atoms with Crippen LogP contribution in [0.1, 0.15) is 6.42 Å². The molecular weight excluding hydrogens is 354 g/mol. The third kappa shape index (κ3) is 4.96. The van der Waals surface area contributed by atoms with Crippen molar-refractivity contribution in [2.45, 2.75) is 6.42 Å². The Morgan fingerprint density at radius 1 is 1.08 bits per heavy atom. The molecule has 0 aliphatic rings. The topological polar surface area (TPSA) is 59.6 Å². The molecule has 1 amide bonds. The zero-order valence-electron chi connectivity index (χ0n) is 13.7. The Balaban J connectivity index is 1.95. The van der Waals surface area contributed by atoms with Crippen LogP contribution in [0.15, 0.2) is 30.3 Å². The highest BCUT2D eigenvalue weighted by Crippen LogP contribution is 2.35. The molecule has 5 nitrogen and oxygen atoms in total. The highest BCUT2D eigenvalue weighted by Gasteiger charge is 2.11. The Hall–Kier alpha value is -2.54. The summed E-state index contributed by atoms with van der Waals surface area (Å²) < 4.78 is 36.7. The van der Waals surface area contributed by atoms with Gasteiger partial charge in [-0.1, -0.05) is 11.6 Å². The van der Waals surface area contributed by atoms with Crippen LogP contribution in [0.5, 0.6) is 11.5 Å². The highest BCUT2D eigenvalue weighted by molar-refractivity contribution is 6.32. The van der Waals surface area contributed by atoms with Crippen LogP contribution >= 0.6 is 11.6 Å². The first kappa shape index (κ1) is 18.8. The SMILES string of the molecule is COc1cc(NCCC(=O)Nc2ccc(F)cc2F)c(OC)cc1Cl. The Morgan fingerprint density at radius 2 is 1.80 bits per heavy atom. The quantitative estimate of drug-likeness (QED) is 0.771. The smallest absolute Gasteiger partial charge is 0.226 e. The number of carbonyl (C=O) groups is 1. The maximum atomic E-state index is 13.5. The molecule has 25 heavy (non-hydrogen) atoms. The molecule has 0 aromatic heterocycles. The minimum absolute atomic E-state index is 0.0604. The van der Waals surface area contributed by atoms with Gasteiger partial charge in [-0.05, 0) is 12.1 Å². The fourth-order valence-electron chi connectivity index (χ4n) is 2.11. The van der Waals surface area contributed by atoms with Gasteiger partial charge in [0.15, 0.2) is 0 Å². The van der Waals surface area contributed by atoms with Crippen LogP contribution in [-0.4, -0.2) is 26.7 Å². The number of carbonyl (C=O) groups excluding carboxylic acids is 1. The molecule has 2 rings (SSSR count). The van der Waals surface area contributed by atoms with Gasteiger partial charge in [-0.2, -0.15) is 0 Å². The van der Waals surface area contributed by atoms with Crippen LogP contribution in [0.4, 0.5) is 20.2 Å². The van der Waals surface area contributed by atoms with Crippen molar-refractivity contribution in [1.82, 2.24) is 0 Å². The number of rotatable bonds is 7. The third-order valence-electron chi connectivity index (χ3n) is 3.35. The lowest BCUT2D eigenvalue weighted by Crippen LogP contribution is -2.17. The van der Waals surface area contributed by atoms with Crippen molar-refractivity contribution in [2.24, 2.45) is 0 Å². The van der Waals surface area contributed by atoms with Gasteiger partial charge in [0.05, 0.1) is 30.6 Å². The van der Waals surface area contributed by atoms with Crippen molar-refractivity contribution in [3.05, 3.63) is 47.0 Å². The summed E-state index contributed by atoms with van der Waals surface area (Å²) in [5, 5.41) is 5.81. The van der Waals surface area contributed by atoms with Gasteiger partial charge < -0.3 is 20.1 Å². The van der Waals surface area contributed by atoms with Gasteiger partial charge in [-0.25, -0.2) is 8.78 Å². The first-order chi connectivity index (χ1) is 11.9. The van der Waals surface area contributed by atoms with E-state index in [1.807, 2.05) is 0 Å². The number of hydrogen-bond acceptors (Lipinski definition) is 4. The van der Waals surface area contributed by atoms with Crippen LogP contribution < -0.4 is 20.1 Å². The second-order valence-corrected chi connectivity index (χ2v) is 5.44. The van der Waals surface area contributed by atoms with E-state index in [1.165, 1.54) is 20.3 Å². The van der Waals surface area contributed by atoms with Crippen LogP contribution in [0, 0.1) is 11.6 Å². The number of nitrogens with one attached hydrogen (secondary N) is 2. The number of halogens is 3. The molecule has 0 heterocycles. The number of amides is 1. The first-order valence-electron chi connectivity index (χ1n) is 7.35. The highest BCUT2D eigenvalue weighted by atomic mass is 35.5. The average Bonchev–Trinajstić information content (AvgIpc) is 2.58. The van der Waals surface area contributed by atoms with E-state index in [9.17, 15) is 13.6 Å². The van der Waals surface area contributed by atoms with Crippen molar-refractivity contribution in [1.29, 1.82) is 0 Å². The Morgan fingerprint density at radius 3 is 2.44 bits per heavy atom. The Labute approximate surface area is 148 Å². The number of hydrogen-bond donors (Lipinski definition) is 2. The maximum Gasteiger partial charge on any atom is 0.226 e. The van der Waals surface area contributed by atoms with Crippen molar-refractivity contribution in [3.8, 4) is 11.5 Å². The summed E-state index contributed by atoms with van der Waals surface area (Å²) >= 11 is 6.02. The van der Waals surface area contributed by atoms with E-state index < -0.39 is 17.5 Å². The molecule has 2 aromatic carbocycles. The average molecular weight is 371 g/mol. The molecule has 8 heteroatoms. The molecule has 0 aliphatic heterocycles. The van der Waals surface area contributed by atoms with E-state index >= 15 is 0 Å². The van der Waals surface area contributed by atoms with E-state index in [0.717, 1.165) is 6.07 Å². The minimum atomic E-state index is -0.828. The van der Waals surface area contributed by atoms with Gasteiger partial charge >= 0.3 is 0 Å². The third-order valence-corrected chi connectivity index (χ3v) is 3.64. The molecular formula is C17H17ClF2N2O3. The van der Waals surface area contributed by atoms with Gasteiger partial charge in [0.25, 0.3) is 0 Å². The van der Waals surface area contributed by atoms with Crippen molar-refractivity contribution in [2.75, 3.05) is 31.4 Å². The van der Waals surface area contributed by atoms with Crippen LogP contribution in [0.2, 0.25) is 5.02 Å². The summed E-state index contributed by atoms with van der Waals surface area (Å²) in [5.74, 6) is -0.997. The van der Waals surface area contributed by atoms with E-state index in [0.29, 0.717) is 28.3 Å². The van der Waals surface area contributed by atoms with Gasteiger partial charge in [-0.15, -0.1) is 0 Å². The van der Waals surface area contributed by atoms with Gasteiger partial charge in [0, 0.05) is 31.2 Å². The summed E-state index contributed by atoms with van der Waals surface area (Å²) in [4.78, 5) is 11.9. The van der Waals surface area contributed by atoms with Crippen molar-refractivity contribution in [3.63, 3.8) is 0 Å². The van der Waals surface area contributed by atoms with Gasteiger partial charge in [0.1, 0.15) is 23.1 Å². The molecule has 0 fully saturated rings. The number of ether oxygens (including phenoxy) is 2. The molecule has 0 atom stereocenters. The van der Waals surface area contributed by atoms with Crippen LogP contribution in [-0.2, 0) is 4.79 Å². The van der Waals surface area contributed by atoms with Crippen molar-refractivity contribution < 1.29 is 23.0 Å². The van der Waals surface area contributed by atoms with E-state index in [4.69, 9.17) is 21.1 Å². The van der Waals surface area contributed by atoms with E-state index in [-0.39, 0.29) is 18.7 Å². The monoisotopic (exact) mass is 370 g/mol. The molecule has 2 aromatic rings. The summed E-state index contributed by atoms with van der Waals surface area (Å²) in [6.07, 6.45) is 0.0604. The fourth-order valence-corrected chi connectivity index (χ4v) is 2.34. The largest absolute Gasteiger partial charge is 0.495 e. The molecule has 134 valence electrons. The van der Waals surface area contributed by atoms with Gasteiger partial charge in [-0.3, -0.25) is 4.79 Å². The van der Waals surface area contributed by atoms with E-state index in [2.05, 4.69) is 10.6 Å². The lowest BCUT2D eigenvalue weighted by atomic mass is 10.2. The van der Waals surface area contributed by atoms with Crippen LogP contribution in [0.3, 0.4) is 0 Å². The standard InChI is InChI=1S/C17H17ClF2N2O3/c1-24-15-9-14(16(25-2)8-11(15)18)21-6-5-17(23)22-13-4-3-10(19)7-12(13)20/h3-4,7-9,21H,5-6H2,1-2H3,(H,22,23). The van der Waals surface area contributed by atoms with Crippen molar-refractivity contribution >= 4 is 28.9 Å². The molecule has 0 unspecified atom stereocenters. The lowest BCUT2D eigenvalue weighted by molar-refractivity contribution is -0.116. The minimum Gasteiger partial charge on any atom is -0.495 e. The molecule has 2 N–H and O–H groups in total. The second-order valence-electron chi connectivity index (χ2n) is 5.04. The Kier molecular flexibility index (Phi) is 6.41. The molecule has 0 spiro atoms. The zero-order chi connectivity index (χ0) is 18.4. The molecule has 0 bridgehead atoms. The number of methoxy groups -OCH3 is 2. The first-order valence-corrected chi connectivity index (χ1v) is 7.72. The van der Waals surface area contributed by atoms with E-state index in [1.54, 1.807) is 12.1 Å². The molecule has 0 saturated carbocycles. The van der Waals surface area contributed by atoms with Gasteiger partial charge in [0.2, 0.25) is 5.91 Å². The predicted molar refractivity (Wildman–Crippen MR) is 92.7 cm³/mol. The molecule has 0 saturated heterocycles. The predicted octanol–water partition coefficient (Wildman–Crippen LogP) is 4.08.